The molecule has 4 nitrogen and oxygen atoms in total. The number of anilines is 1. The van der Waals surface area contributed by atoms with E-state index in [9.17, 15) is 9.18 Å². The average molecular weight is 404 g/mol. The third-order valence-electron chi connectivity index (χ3n) is 5.48. The van der Waals surface area contributed by atoms with E-state index in [4.69, 9.17) is 0 Å². The summed E-state index contributed by atoms with van der Waals surface area (Å²) in [7, 11) is 0. The topological polar surface area (TPSA) is 35.6 Å². The van der Waals surface area contributed by atoms with Gasteiger partial charge in [-0.25, -0.2) is 4.39 Å². The van der Waals surface area contributed by atoms with Crippen molar-refractivity contribution >= 4 is 11.6 Å². The SMILES string of the molecule is O=C(NCc1ccc(F)cc1)c1ccc(CN2CCN(c3ccccc3)CC2)cc1. The number of amides is 1. The first-order chi connectivity index (χ1) is 14.7. The summed E-state index contributed by atoms with van der Waals surface area (Å²) in [6.45, 7) is 5.36. The normalized spacial score (nSPS) is 14.5. The van der Waals surface area contributed by atoms with Gasteiger partial charge in [-0.1, -0.05) is 42.5 Å². The summed E-state index contributed by atoms with van der Waals surface area (Å²) < 4.78 is 13.0. The van der Waals surface area contributed by atoms with E-state index < -0.39 is 0 Å². The van der Waals surface area contributed by atoms with E-state index in [2.05, 4.69) is 39.4 Å². The van der Waals surface area contributed by atoms with Crippen LogP contribution in [0.2, 0.25) is 0 Å². The molecule has 5 heteroatoms. The first kappa shape index (κ1) is 20.1. The van der Waals surface area contributed by atoms with Gasteiger partial charge < -0.3 is 10.2 Å². The van der Waals surface area contributed by atoms with Crippen molar-refractivity contribution < 1.29 is 9.18 Å². The number of carbonyl (C=O) groups excluding carboxylic acids is 1. The van der Waals surface area contributed by atoms with Crippen molar-refractivity contribution in [2.45, 2.75) is 13.1 Å². The summed E-state index contributed by atoms with van der Waals surface area (Å²) in [5.41, 5.74) is 4.00. The highest BCUT2D eigenvalue weighted by Crippen LogP contribution is 2.17. The molecule has 30 heavy (non-hydrogen) atoms. The Morgan fingerprint density at radius 1 is 0.800 bits per heavy atom. The smallest absolute Gasteiger partial charge is 0.251 e. The molecule has 0 radical (unpaired) electrons. The summed E-state index contributed by atoms with van der Waals surface area (Å²) in [4.78, 5) is 17.2. The lowest BCUT2D eigenvalue weighted by Crippen LogP contribution is -2.45. The predicted molar refractivity (Wildman–Crippen MR) is 118 cm³/mol. The first-order valence-electron chi connectivity index (χ1n) is 10.3. The standard InChI is InChI=1S/C25H26FN3O/c26-23-12-8-20(9-13-23)18-27-25(30)22-10-6-21(7-11-22)19-28-14-16-29(17-15-28)24-4-2-1-3-5-24/h1-13H,14-19H2,(H,27,30). The number of nitrogens with zero attached hydrogens (tertiary/aromatic N) is 2. The maximum Gasteiger partial charge on any atom is 0.251 e. The Morgan fingerprint density at radius 2 is 1.43 bits per heavy atom. The van der Waals surface area contributed by atoms with Gasteiger partial charge in [-0.2, -0.15) is 0 Å². The molecule has 4 rings (SSSR count). The van der Waals surface area contributed by atoms with Gasteiger partial charge in [-0.05, 0) is 47.5 Å². The molecule has 1 N–H and O–H groups in total. The molecule has 1 fully saturated rings. The third-order valence-corrected chi connectivity index (χ3v) is 5.48. The summed E-state index contributed by atoms with van der Waals surface area (Å²) in [6, 6.07) is 24.5. The van der Waals surface area contributed by atoms with Crippen molar-refractivity contribution in [3.63, 3.8) is 0 Å². The fraction of sp³-hybridized carbons (Fsp3) is 0.240. The van der Waals surface area contributed by atoms with Crippen LogP contribution in [0.3, 0.4) is 0 Å². The van der Waals surface area contributed by atoms with Crippen molar-refractivity contribution in [2.24, 2.45) is 0 Å². The Balaban J connectivity index is 1.25. The van der Waals surface area contributed by atoms with E-state index in [1.54, 1.807) is 12.1 Å². The summed E-state index contributed by atoms with van der Waals surface area (Å²) >= 11 is 0. The van der Waals surface area contributed by atoms with Gasteiger partial charge >= 0.3 is 0 Å². The highest BCUT2D eigenvalue weighted by atomic mass is 19.1. The van der Waals surface area contributed by atoms with Crippen LogP contribution >= 0.6 is 0 Å². The minimum atomic E-state index is -0.276. The van der Waals surface area contributed by atoms with Crippen LogP contribution in [0.25, 0.3) is 0 Å². The number of nitrogens with one attached hydrogen (secondary N) is 1. The number of rotatable bonds is 6. The van der Waals surface area contributed by atoms with E-state index >= 15 is 0 Å². The summed E-state index contributed by atoms with van der Waals surface area (Å²) in [5.74, 6) is -0.399. The zero-order chi connectivity index (χ0) is 20.8. The first-order valence-corrected chi connectivity index (χ1v) is 10.3. The van der Waals surface area contributed by atoms with Gasteiger partial charge in [0.1, 0.15) is 5.82 Å². The Kier molecular flexibility index (Phi) is 6.40. The molecule has 0 atom stereocenters. The maximum atomic E-state index is 13.0. The van der Waals surface area contributed by atoms with Crippen LogP contribution in [-0.4, -0.2) is 37.0 Å². The van der Waals surface area contributed by atoms with Crippen LogP contribution in [0.5, 0.6) is 0 Å². The number of para-hydroxylation sites is 1. The highest BCUT2D eigenvalue weighted by Gasteiger charge is 2.17. The minimum absolute atomic E-state index is 0.123. The molecule has 1 aliphatic rings. The van der Waals surface area contributed by atoms with Gasteiger partial charge in [0.15, 0.2) is 0 Å². The van der Waals surface area contributed by atoms with Crippen LogP contribution in [0.4, 0.5) is 10.1 Å². The van der Waals surface area contributed by atoms with E-state index in [1.165, 1.54) is 23.4 Å². The highest BCUT2D eigenvalue weighted by molar-refractivity contribution is 5.94. The molecule has 3 aromatic rings. The molecule has 3 aromatic carbocycles. The van der Waals surface area contributed by atoms with Crippen molar-refractivity contribution in [2.75, 3.05) is 31.1 Å². The monoisotopic (exact) mass is 403 g/mol. The lowest BCUT2D eigenvalue weighted by Gasteiger charge is -2.36. The number of hydrogen-bond acceptors (Lipinski definition) is 3. The van der Waals surface area contributed by atoms with Crippen LogP contribution < -0.4 is 10.2 Å². The third kappa shape index (κ3) is 5.24. The molecule has 1 heterocycles. The van der Waals surface area contributed by atoms with Crippen LogP contribution in [0.1, 0.15) is 21.5 Å². The van der Waals surface area contributed by atoms with Gasteiger partial charge in [0.05, 0.1) is 0 Å². The fourth-order valence-electron chi connectivity index (χ4n) is 3.71. The zero-order valence-corrected chi connectivity index (χ0v) is 16.9. The number of benzene rings is 3. The molecule has 1 saturated heterocycles. The van der Waals surface area contributed by atoms with E-state index in [0.717, 1.165) is 38.3 Å². The number of carbonyl (C=O) groups is 1. The second-order valence-corrected chi connectivity index (χ2v) is 7.60. The van der Waals surface area contributed by atoms with Crippen molar-refractivity contribution in [1.29, 1.82) is 0 Å². The lowest BCUT2D eigenvalue weighted by atomic mass is 10.1. The number of hydrogen-bond donors (Lipinski definition) is 1. The van der Waals surface area contributed by atoms with Gasteiger partial charge in [0.25, 0.3) is 5.91 Å². The number of halogens is 1. The Hall–Kier alpha value is -3.18. The summed E-state index contributed by atoms with van der Waals surface area (Å²) in [6.07, 6.45) is 0. The van der Waals surface area contributed by atoms with E-state index in [0.29, 0.717) is 12.1 Å². The van der Waals surface area contributed by atoms with Crippen LogP contribution in [0.15, 0.2) is 78.9 Å². The molecule has 0 saturated carbocycles. The molecular formula is C25H26FN3O. The van der Waals surface area contributed by atoms with Gasteiger partial charge in [0, 0.05) is 50.5 Å². The molecule has 154 valence electrons. The average Bonchev–Trinajstić information content (AvgIpc) is 2.80. The quantitative estimate of drug-likeness (QED) is 0.674. The van der Waals surface area contributed by atoms with Crippen molar-refractivity contribution in [3.8, 4) is 0 Å². The van der Waals surface area contributed by atoms with E-state index in [-0.39, 0.29) is 11.7 Å². The van der Waals surface area contributed by atoms with E-state index in [1.807, 2.05) is 30.3 Å². The van der Waals surface area contributed by atoms with Gasteiger partial charge in [-0.3, -0.25) is 9.69 Å². The maximum absolute atomic E-state index is 13.0. The molecule has 1 aliphatic heterocycles. The van der Waals surface area contributed by atoms with Crippen LogP contribution in [-0.2, 0) is 13.1 Å². The van der Waals surface area contributed by atoms with Crippen LogP contribution in [0, 0.1) is 5.82 Å². The molecule has 1 amide bonds. The van der Waals surface area contributed by atoms with Crippen molar-refractivity contribution in [1.82, 2.24) is 10.2 Å². The lowest BCUT2D eigenvalue weighted by molar-refractivity contribution is 0.0951. The molecule has 0 unspecified atom stereocenters. The largest absolute Gasteiger partial charge is 0.369 e. The number of piperazine rings is 1. The predicted octanol–water partition coefficient (Wildman–Crippen LogP) is 4.08. The fourth-order valence-corrected chi connectivity index (χ4v) is 3.71. The minimum Gasteiger partial charge on any atom is -0.369 e. The molecule has 0 spiro atoms. The summed E-state index contributed by atoms with van der Waals surface area (Å²) in [5, 5.41) is 2.88. The second kappa shape index (κ2) is 9.55. The van der Waals surface area contributed by atoms with Gasteiger partial charge in [0.2, 0.25) is 0 Å². The second-order valence-electron chi connectivity index (χ2n) is 7.60. The van der Waals surface area contributed by atoms with Crippen molar-refractivity contribution in [3.05, 3.63) is 101 Å². The Morgan fingerprint density at radius 3 is 2.10 bits per heavy atom. The molecule has 0 aromatic heterocycles. The zero-order valence-electron chi connectivity index (χ0n) is 16.9. The Labute approximate surface area is 176 Å². The molecule has 0 bridgehead atoms. The molecule has 0 aliphatic carbocycles. The van der Waals surface area contributed by atoms with Gasteiger partial charge in [-0.15, -0.1) is 0 Å². The molecular weight excluding hydrogens is 377 g/mol. The Bertz CT molecular complexity index is 950.